The van der Waals surface area contributed by atoms with Crippen LogP contribution in [-0.2, 0) is 0 Å². The van der Waals surface area contributed by atoms with Crippen molar-refractivity contribution < 1.29 is 5.21 Å². The molecule has 0 aliphatic carbocycles. The van der Waals surface area contributed by atoms with Crippen LogP contribution in [0.1, 0.15) is 0 Å². The molecule has 15 heavy (non-hydrogen) atoms. The molecule has 0 fully saturated rings. The topological polar surface area (TPSA) is 91.2 Å². The second-order valence-electron chi connectivity index (χ2n) is 3.10. The molecule has 78 valence electrons. The van der Waals surface area contributed by atoms with Crippen LogP contribution in [0.4, 0.5) is 11.6 Å². The van der Waals surface area contributed by atoms with Gasteiger partial charge in [-0.25, -0.2) is 0 Å². The molecule has 0 unspecified atom stereocenters. The van der Waals surface area contributed by atoms with E-state index in [0.29, 0.717) is 17.1 Å². The third-order valence-corrected chi connectivity index (χ3v) is 2.05. The van der Waals surface area contributed by atoms with Gasteiger partial charge in [-0.15, -0.1) is 4.73 Å². The second-order valence-corrected chi connectivity index (χ2v) is 3.10. The first-order chi connectivity index (χ1) is 7.18. The Morgan fingerprint density at radius 2 is 2.27 bits per heavy atom. The molecule has 0 aromatic carbocycles. The van der Waals surface area contributed by atoms with Crippen molar-refractivity contribution in [1.82, 2.24) is 9.71 Å². The van der Waals surface area contributed by atoms with Crippen molar-refractivity contribution in [3.63, 3.8) is 0 Å². The molecule has 0 bridgehead atoms. The normalized spacial score (nSPS) is 14.5. The first-order valence-electron chi connectivity index (χ1n) is 4.42. The van der Waals surface area contributed by atoms with Gasteiger partial charge in [0.05, 0.1) is 0 Å². The van der Waals surface area contributed by atoms with Crippen LogP contribution in [0.3, 0.4) is 0 Å². The van der Waals surface area contributed by atoms with E-state index in [1.165, 1.54) is 6.07 Å². The van der Waals surface area contributed by atoms with Crippen LogP contribution in [0.25, 0.3) is 0 Å². The first-order valence-corrected chi connectivity index (χ1v) is 4.42. The minimum absolute atomic E-state index is 0.0907. The highest BCUT2D eigenvalue weighted by molar-refractivity contribution is 5.50. The van der Waals surface area contributed by atoms with Gasteiger partial charge in [0, 0.05) is 18.8 Å². The summed E-state index contributed by atoms with van der Waals surface area (Å²) < 4.78 is 0.535. The van der Waals surface area contributed by atoms with Gasteiger partial charge in [-0.1, -0.05) is 12.2 Å². The van der Waals surface area contributed by atoms with Crippen molar-refractivity contribution in [2.24, 2.45) is 0 Å². The minimum atomic E-state index is -0.284. The SMILES string of the molecule is N=c1nc(N2C=CC=CC2)cc(N)n1O. The van der Waals surface area contributed by atoms with Gasteiger partial charge in [0.25, 0.3) is 5.62 Å². The summed E-state index contributed by atoms with van der Waals surface area (Å²) in [6.07, 6.45) is 7.59. The Morgan fingerprint density at radius 3 is 2.87 bits per heavy atom. The zero-order chi connectivity index (χ0) is 10.8. The smallest absolute Gasteiger partial charge is 0.259 e. The lowest BCUT2D eigenvalue weighted by atomic mass is 10.3. The Hall–Kier alpha value is -2.24. The maximum atomic E-state index is 9.22. The Labute approximate surface area is 86.1 Å². The summed E-state index contributed by atoms with van der Waals surface area (Å²) in [7, 11) is 0. The first kappa shape index (κ1) is 9.32. The van der Waals surface area contributed by atoms with E-state index >= 15 is 0 Å². The molecule has 1 aromatic heterocycles. The lowest BCUT2D eigenvalue weighted by Gasteiger charge is -2.19. The van der Waals surface area contributed by atoms with Crippen LogP contribution < -0.4 is 16.3 Å². The van der Waals surface area contributed by atoms with Gasteiger partial charge in [-0.3, -0.25) is 5.41 Å². The van der Waals surface area contributed by atoms with Gasteiger partial charge in [-0.05, 0) is 6.08 Å². The summed E-state index contributed by atoms with van der Waals surface area (Å²) >= 11 is 0. The van der Waals surface area contributed by atoms with Crippen LogP contribution in [-0.4, -0.2) is 21.5 Å². The zero-order valence-electron chi connectivity index (χ0n) is 7.96. The number of nitrogen functional groups attached to an aromatic ring is 1. The zero-order valence-corrected chi connectivity index (χ0v) is 7.96. The van der Waals surface area contributed by atoms with E-state index in [2.05, 4.69) is 4.98 Å². The number of aromatic nitrogens is 2. The van der Waals surface area contributed by atoms with Gasteiger partial charge < -0.3 is 15.8 Å². The monoisotopic (exact) mass is 205 g/mol. The summed E-state index contributed by atoms with van der Waals surface area (Å²) in [5.41, 5.74) is 5.23. The highest BCUT2D eigenvalue weighted by Crippen LogP contribution is 2.13. The van der Waals surface area contributed by atoms with Crippen molar-refractivity contribution in [1.29, 1.82) is 5.41 Å². The number of rotatable bonds is 1. The molecular weight excluding hydrogens is 194 g/mol. The molecule has 1 aliphatic rings. The molecular formula is C9H11N5O. The van der Waals surface area contributed by atoms with Gasteiger partial charge in [0.1, 0.15) is 11.6 Å². The largest absolute Gasteiger partial charge is 0.423 e. The summed E-state index contributed by atoms with van der Waals surface area (Å²) in [6, 6.07) is 1.52. The molecule has 0 saturated heterocycles. The maximum absolute atomic E-state index is 9.22. The number of nitrogens with two attached hydrogens (primary N) is 1. The fourth-order valence-electron chi connectivity index (χ4n) is 1.29. The predicted molar refractivity (Wildman–Crippen MR) is 55.3 cm³/mol. The number of nitrogens with zero attached hydrogens (tertiary/aromatic N) is 3. The fourth-order valence-corrected chi connectivity index (χ4v) is 1.29. The molecule has 6 heteroatoms. The van der Waals surface area contributed by atoms with E-state index in [0.717, 1.165) is 0 Å². The number of hydrogen-bond acceptors (Lipinski definition) is 5. The summed E-state index contributed by atoms with van der Waals surface area (Å²) in [5, 5.41) is 16.6. The average molecular weight is 205 g/mol. The van der Waals surface area contributed by atoms with Crippen LogP contribution >= 0.6 is 0 Å². The molecule has 0 atom stereocenters. The fraction of sp³-hybridized carbons (Fsp3) is 0.111. The lowest BCUT2D eigenvalue weighted by molar-refractivity contribution is 0.172. The lowest BCUT2D eigenvalue weighted by Crippen LogP contribution is -2.28. The summed E-state index contributed by atoms with van der Waals surface area (Å²) in [6.45, 7) is 0.678. The Kier molecular flexibility index (Phi) is 2.17. The highest BCUT2D eigenvalue weighted by Gasteiger charge is 2.08. The van der Waals surface area contributed by atoms with E-state index in [1.807, 2.05) is 29.3 Å². The van der Waals surface area contributed by atoms with Crippen LogP contribution in [0, 0.1) is 5.41 Å². The van der Waals surface area contributed by atoms with Crippen molar-refractivity contribution >= 4 is 11.6 Å². The van der Waals surface area contributed by atoms with E-state index in [4.69, 9.17) is 11.1 Å². The number of hydrogen-bond donors (Lipinski definition) is 3. The highest BCUT2D eigenvalue weighted by atomic mass is 16.5. The predicted octanol–water partition coefficient (Wildman–Crippen LogP) is 0.0720. The van der Waals surface area contributed by atoms with Crippen molar-refractivity contribution in [2.45, 2.75) is 0 Å². The van der Waals surface area contributed by atoms with Crippen LogP contribution in [0.5, 0.6) is 0 Å². The molecule has 6 nitrogen and oxygen atoms in total. The van der Waals surface area contributed by atoms with Gasteiger partial charge in [-0.2, -0.15) is 4.98 Å². The van der Waals surface area contributed by atoms with Gasteiger partial charge in [0.15, 0.2) is 0 Å². The minimum Gasteiger partial charge on any atom is -0.423 e. The molecule has 1 aliphatic heterocycles. The van der Waals surface area contributed by atoms with Crippen molar-refractivity contribution in [3.05, 3.63) is 36.1 Å². The number of allylic oxidation sites excluding steroid dienone is 2. The summed E-state index contributed by atoms with van der Waals surface area (Å²) in [4.78, 5) is 5.73. The molecule has 4 N–H and O–H groups in total. The van der Waals surface area contributed by atoms with E-state index in [1.54, 1.807) is 0 Å². The van der Waals surface area contributed by atoms with Crippen molar-refractivity contribution in [2.75, 3.05) is 17.2 Å². The maximum Gasteiger partial charge on any atom is 0.259 e. The Balaban J connectivity index is 2.41. The summed E-state index contributed by atoms with van der Waals surface area (Å²) in [5.74, 6) is 0.636. The Morgan fingerprint density at radius 1 is 1.47 bits per heavy atom. The van der Waals surface area contributed by atoms with E-state index < -0.39 is 0 Å². The van der Waals surface area contributed by atoms with Crippen LogP contribution in [0.15, 0.2) is 30.5 Å². The molecule has 0 amide bonds. The van der Waals surface area contributed by atoms with E-state index in [9.17, 15) is 5.21 Å². The van der Waals surface area contributed by atoms with Gasteiger partial charge in [0.2, 0.25) is 0 Å². The third kappa shape index (κ3) is 1.69. The molecule has 2 heterocycles. The molecule has 0 spiro atoms. The Bertz CT molecular complexity index is 488. The van der Waals surface area contributed by atoms with Crippen LogP contribution in [0.2, 0.25) is 0 Å². The second kappa shape index (κ2) is 3.49. The molecule has 2 rings (SSSR count). The molecule has 0 radical (unpaired) electrons. The molecule has 0 saturated carbocycles. The van der Waals surface area contributed by atoms with E-state index in [-0.39, 0.29) is 11.4 Å². The average Bonchev–Trinajstić information content (AvgIpc) is 2.26. The quantitative estimate of drug-likeness (QED) is 0.566. The number of anilines is 2. The number of nitrogens with one attached hydrogen (secondary N) is 1. The standard InChI is InChI=1S/C9H11N5O/c10-7-6-8(12-9(11)14(7)15)13-4-2-1-3-5-13/h1-4,6,11,15H,5,10H2. The van der Waals surface area contributed by atoms with Gasteiger partial charge >= 0.3 is 0 Å². The molecule has 1 aromatic rings. The third-order valence-electron chi connectivity index (χ3n) is 2.05. The van der Waals surface area contributed by atoms with Crippen molar-refractivity contribution in [3.8, 4) is 0 Å².